The van der Waals surface area contributed by atoms with Crippen molar-refractivity contribution in [1.82, 2.24) is 10.2 Å². The van der Waals surface area contributed by atoms with Crippen molar-refractivity contribution in [2.24, 2.45) is 5.41 Å². The van der Waals surface area contributed by atoms with Crippen molar-refractivity contribution in [3.63, 3.8) is 0 Å². The van der Waals surface area contributed by atoms with Crippen molar-refractivity contribution < 1.29 is 9.90 Å². The summed E-state index contributed by atoms with van der Waals surface area (Å²) in [5, 5.41) is 12.2. The van der Waals surface area contributed by atoms with Crippen LogP contribution in [-0.4, -0.2) is 41.8 Å². The summed E-state index contributed by atoms with van der Waals surface area (Å²) >= 11 is 0. The average molecular weight is 254 g/mol. The highest BCUT2D eigenvalue weighted by Crippen LogP contribution is 2.39. The molecule has 1 unspecified atom stereocenters. The van der Waals surface area contributed by atoms with Crippen molar-refractivity contribution in [3.05, 3.63) is 0 Å². The second kappa shape index (κ2) is 5.91. The number of amides is 2. The third kappa shape index (κ3) is 3.16. The molecule has 0 aromatic heterocycles. The van der Waals surface area contributed by atoms with E-state index < -0.39 is 0 Å². The van der Waals surface area contributed by atoms with Crippen LogP contribution in [-0.2, 0) is 0 Å². The molecular formula is C14H26N2O2. The van der Waals surface area contributed by atoms with Crippen LogP contribution in [0.4, 0.5) is 4.79 Å². The van der Waals surface area contributed by atoms with Gasteiger partial charge in [0.05, 0.1) is 0 Å². The van der Waals surface area contributed by atoms with E-state index in [4.69, 9.17) is 5.11 Å². The molecule has 2 aliphatic rings. The van der Waals surface area contributed by atoms with Gasteiger partial charge in [0.25, 0.3) is 0 Å². The Labute approximate surface area is 110 Å². The number of carbonyl (C=O) groups excluding carboxylic acids is 1. The van der Waals surface area contributed by atoms with E-state index in [2.05, 4.69) is 12.2 Å². The van der Waals surface area contributed by atoms with Crippen LogP contribution < -0.4 is 5.32 Å². The first-order valence-corrected chi connectivity index (χ1v) is 7.30. The Hall–Kier alpha value is -0.770. The molecule has 4 nitrogen and oxygen atoms in total. The van der Waals surface area contributed by atoms with Crippen LogP contribution >= 0.6 is 0 Å². The van der Waals surface area contributed by atoms with Gasteiger partial charge in [-0.05, 0) is 43.9 Å². The summed E-state index contributed by atoms with van der Waals surface area (Å²) in [7, 11) is 0. The molecule has 2 N–H and O–H groups in total. The molecule has 2 fully saturated rings. The van der Waals surface area contributed by atoms with Crippen LogP contribution in [0.1, 0.15) is 51.9 Å². The molecule has 1 saturated heterocycles. The smallest absolute Gasteiger partial charge is 0.317 e. The highest BCUT2D eigenvalue weighted by Gasteiger charge is 2.33. The second-order valence-electron chi connectivity index (χ2n) is 6.18. The summed E-state index contributed by atoms with van der Waals surface area (Å²) in [6, 6.07) is 0.305. The van der Waals surface area contributed by atoms with Gasteiger partial charge in [0.15, 0.2) is 0 Å². The number of piperidine rings is 1. The Morgan fingerprint density at radius 2 is 2.17 bits per heavy atom. The monoisotopic (exact) mass is 254 g/mol. The molecule has 2 rings (SSSR count). The van der Waals surface area contributed by atoms with E-state index in [1.807, 2.05) is 4.90 Å². The van der Waals surface area contributed by atoms with Gasteiger partial charge in [-0.25, -0.2) is 4.79 Å². The molecule has 4 heteroatoms. The summed E-state index contributed by atoms with van der Waals surface area (Å²) in [6.45, 7) is 4.06. The Kier molecular flexibility index (Phi) is 4.49. The quantitative estimate of drug-likeness (QED) is 0.807. The lowest BCUT2D eigenvalue weighted by Gasteiger charge is -2.40. The topological polar surface area (TPSA) is 52.6 Å². The SMILES string of the molecule is CC1(CNC(=O)N2CCCCC2CCO)CCC1. The minimum absolute atomic E-state index is 0.0706. The third-order valence-electron chi connectivity index (χ3n) is 4.58. The lowest BCUT2D eigenvalue weighted by atomic mass is 9.70. The maximum absolute atomic E-state index is 12.2. The number of likely N-dealkylation sites (tertiary alicyclic amines) is 1. The van der Waals surface area contributed by atoms with Crippen LogP contribution in [0.2, 0.25) is 0 Å². The molecule has 1 saturated carbocycles. The maximum atomic E-state index is 12.2. The van der Waals surface area contributed by atoms with Crippen molar-refractivity contribution in [2.45, 2.75) is 57.9 Å². The van der Waals surface area contributed by atoms with Crippen molar-refractivity contribution in [1.29, 1.82) is 0 Å². The van der Waals surface area contributed by atoms with Gasteiger partial charge in [-0.1, -0.05) is 13.3 Å². The predicted octanol–water partition coefficient (Wildman–Crippen LogP) is 2.12. The highest BCUT2D eigenvalue weighted by molar-refractivity contribution is 5.74. The summed E-state index contributed by atoms with van der Waals surface area (Å²) in [4.78, 5) is 14.1. The highest BCUT2D eigenvalue weighted by atomic mass is 16.3. The first-order valence-electron chi connectivity index (χ1n) is 7.30. The summed E-state index contributed by atoms with van der Waals surface area (Å²) in [6.07, 6.45) is 7.76. The van der Waals surface area contributed by atoms with Gasteiger partial charge in [-0.2, -0.15) is 0 Å². The molecule has 2 amide bonds. The normalized spacial score (nSPS) is 26.6. The Bertz CT molecular complexity index is 288. The van der Waals surface area contributed by atoms with Gasteiger partial charge in [0, 0.05) is 25.7 Å². The van der Waals surface area contributed by atoms with Crippen LogP contribution in [0, 0.1) is 5.41 Å². The lowest BCUT2D eigenvalue weighted by molar-refractivity contribution is 0.117. The van der Waals surface area contributed by atoms with Crippen LogP contribution in [0.5, 0.6) is 0 Å². The number of urea groups is 1. The van der Waals surface area contributed by atoms with Crippen LogP contribution in [0.25, 0.3) is 0 Å². The number of nitrogens with one attached hydrogen (secondary N) is 1. The molecule has 0 spiro atoms. The summed E-state index contributed by atoms with van der Waals surface area (Å²) in [5.74, 6) is 0. The minimum atomic E-state index is 0.0706. The Morgan fingerprint density at radius 3 is 2.78 bits per heavy atom. The van der Waals surface area contributed by atoms with E-state index in [0.717, 1.165) is 25.9 Å². The number of hydrogen-bond acceptors (Lipinski definition) is 2. The van der Waals surface area contributed by atoms with Gasteiger partial charge < -0.3 is 15.3 Å². The molecule has 1 aliphatic carbocycles. The number of rotatable bonds is 4. The number of hydrogen-bond donors (Lipinski definition) is 2. The zero-order valence-electron chi connectivity index (χ0n) is 11.5. The van der Waals surface area contributed by atoms with Crippen molar-refractivity contribution >= 4 is 6.03 Å². The molecule has 18 heavy (non-hydrogen) atoms. The fourth-order valence-corrected chi connectivity index (χ4v) is 3.06. The number of aliphatic hydroxyl groups excluding tert-OH is 1. The van der Waals surface area contributed by atoms with E-state index in [9.17, 15) is 4.79 Å². The zero-order chi connectivity index (χ0) is 13.0. The van der Waals surface area contributed by atoms with Crippen molar-refractivity contribution in [3.8, 4) is 0 Å². The van der Waals surface area contributed by atoms with E-state index >= 15 is 0 Å². The molecule has 0 aromatic carbocycles. The molecule has 104 valence electrons. The predicted molar refractivity (Wildman–Crippen MR) is 71.4 cm³/mol. The Morgan fingerprint density at radius 1 is 1.39 bits per heavy atom. The van der Waals surface area contributed by atoms with Gasteiger partial charge >= 0.3 is 6.03 Å². The van der Waals surface area contributed by atoms with Crippen LogP contribution in [0.15, 0.2) is 0 Å². The van der Waals surface area contributed by atoms with E-state index in [-0.39, 0.29) is 18.7 Å². The largest absolute Gasteiger partial charge is 0.396 e. The Balaban J connectivity index is 1.81. The maximum Gasteiger partial charge on any atom is 0.317 e. The summed E-state index contributed by atoms with van der Waals surface area (Å²) in [5.41, 5.74) is 0.331. The van der Waals surface area contributed by atoms with Gasteiger partial charge in [0.1, 0.15) is 0 Å². The van der Waals surface area contributed by atoms with E-state index in [0.29, 0.717) is 11.8 Å². The molecular weight excluding hydrogens is 228 g/mol. The number of carbonyl (C=O) groups is 1. The minimum Gasteiger partial charge on any atom is -0.396 e. The fourth-order valence-electron chi connectivity index (χ4n) is 3.06. The molecule has 1 heterocycles. The van der Waals surface area contributed by atoms with Crippen LogP contribution in [0.3, 0.4) is 0 Å². The van der Waals surface area contributed by atoms with Gasteiger partial charge in [-0.15, -0.1) is 0 Å². The van der Waals surface area contributed by atoms with E-state index in [1.54, 1.807) is 0 Å². The molecule has 0 bridgehead atoms. The average Bonchev–Trinajstić information content (AvgIpc) is 2.35. The van der Waals surface area contributed by atoms with Crippen molar-refractivity contribution in [2.75, 3.05) is 19.7 Å². The molecule has 1 atom stereocenters. The molecule has 1 aliphatic heterocycles. The number of aliphatic hydroxyl groups is 1. The fraction of sp³-hybridized carbons (Fsp3) is 0.929. The first kappa shape index (κ1) is 13.7. The van der Waals surface area contributed by atoms with Gasteiger partial charge in [0.2, 0.25) is 0 Å². The van der Waals surface area contributed by atoms with Gasteiger partial charge in [-0.3, -0.25) is 0 Å². The second-order valence-corrected chi connectivity index (χ2v) is 6.18. The third-order valence-corrected chi connectivity index (χ3v) is 4.58. The zero-order valence-corrected chi connectivity index (χ0v) is 11.5. The van der Waals surface area contributed by atoms with E-state index in [1.165, 1.54) is 25.7 Å². The molecule has 0 aromatic rings. The lowest BCUT2D eigenvalue weighted by Crippen LogP contribution is -2.51. The molecule has 0 radical (unpaired) electrons. The first-order chi connectivity index (χ1) is 8.64. The summed E-state index contributed by atoms with van der Waals surface area (Å²) < 4.78 is 0. The standard InChI is InChI=1S/C14H26N2O2/c1-14(7-4-8-14)11-15-13(18)16-9-3-2-5-12(16)6-10-17/h12,17H,2-11H2,1H3,(H,15,18). The number of nitrogens with zero attached hydrogens (tertiary/aromatic N) is 1.